The van der Waals surface area contributed by atoms with Gasteiger partial charge in [-0.3, -0.25) is 4.79 Å². The molecule has 0 spiro atoms. The lowest BCUT2D eigenvalue weighted by molar-refractivity contribution is 0.0884. The zero-order valence-electron chi connectivity index (χ0n) is 17.0. The van der Waals surface area contributed by atoms with E-state index in [1.165, 1.54) is 0 Å². The van der Waals surface area contributed by atoms with Gasteiger partial charge in [0.1, 0.15) is 12.1 Å². The van der Waals surface area contributed by atoms with E-state index >= 15 is 0 Å². The molecule has 3 aromatic rings. The molecule has 4 nitrogen and oxygen atoms in total. The number of rotatable bonds is 3. The standard InChI is InChI=1S/C27H18IN3O/c28-21-11-6-10-20(15-21)24-23(26(32)19-8-2-1-3-9-19)25-22-12-5-4-7-18(22)13-14-31(25)27(24,16-29)17-30/h1-15,23-25H/t23-,24-,25+/m1/s1. The number of nitrogens with zero attached hydrogens (tertiary/aromatic N) is 3. The number of carbonyl (C=O) groups excluding carboxylic acids is 1. The Labute approximate surface area is 200 Å². The number of halogens is 1. The molecule has 0 unspecified atom stereocenters. The van der Waals surface area contributed by atoms with E-state index in [0.717, 1.165) is 20.3 Å². The van der Waals surface area contributed by atoms with Crippen LogP contribution in [0.4, 0.5) is 0 Å². The van der Waals surface area contributed by atoms with Crippen LogP contribution >= 0.6 is 22.6 Å². The Hall–Kier alpha value is -3.42. The van der Waals surface area contributed by atoms with E-state index in [2.05, 4.69) is 34.7 Å². The molecule has 154 valence electrons. The maximum Gasteiger partial charge on any atom is 0.222 e. The molecule has 1 saturated heterocycles. The molecule has 2 aliphatic rings. The molecule has 2 heterocycles. The topological polar surface area (TPSA) is 67.9 Å². The number of hydrogen-bond acceptors (Lipinski definition) is 4. The summed E-state index contributed by atoms with van der Waals surface area (Å²) in [6, 6.07) is 29.1. The smallest absolute Gasteiger partial charge is 0.222 e. The fraction of sp³-hybridized carbons (Fsp3) is 0.148. The summed E-state index contributed by atoms with van der Waals surface area (Å²) in [6.45, 7) is 0. The summed E-state index contributed by atoms with van der Waals surface area (Å²) in [6.07, 6.45) is 3.75. The molecule has 0 aromatic heterocycles. The molecule has 0 aliphatic carbocycles. The summed E-state index contributed by atoms with van der Waals surface area (Å²) in [5, 5.41) is 20.8. The Kier molecular flexibility index (Phi) is 5.07. The van der Waals surface area contributed by atoms with Crippen LogP contribution in [0.5, 0.6) is 0 Å². The van der Waals surface area contributed by atoms with Gasteiger partial charge >= 0.3 is 0 Å². The molecule has 5 heteroatoms. The predicted molar refractivity (Wildman–Crippen MR) is 130 cm³/mol. The van der Waals surface area contributed by atoms with Crippen molar-refractivity contribution in [2.75, 3.05) is 0 Å². The number of carbonyl (C=O) groups is 1. The van der Waals surface area contributed by atoms with Crippen LogP contribution in [0, 0.1) is 32.2 Å². The van der Waals surface area contributed by atoms with Crippen LogP contribution < -0.4 is 0 Å². The molecular weight excluding hydrogens is 509 g/mol. The Balaban J connectivity index is 1.80. The zero-order chi connectivity index (χ0) is 22.3. The first-order valence-electron chi connectivity index (χ1n) is 10.3. The molecular formula is C27H18IN3O. The highest BCUT2D eigenvalue weighted by Crippen LogP contribution is 2.58. The van der Waals surface area contributed by atoms with Gasteiger partial charge in [0.2, 0.25) is 5.54 Å². The molecule has 32 heavy (non-hydrogen) atoms. The van der Waals surface area contributed by atoms with Crippen LogP contribution in [0.1, 0.15) is 39.0 Å². The van der Waals surface area contributed by atoms with Gasteiger partial charge in [0.25, 0.3) is 0 Å². The fourth-order valence-electron chi connectivity index (χ4n) is 5.16. The van der Waals surface area contributed by atoms with Gasteiger partial charge in [-0.2, -0.15) is 10.5 Å². The second-order valence-corrected chi connectivity index (χ2v) is 9.32. The summed E-state index contributed by atoms with van der Waals surface area (Å²) < 4.78 is 0.997. The summed E-state index contributed by atoms with van der Waals surface area (Å²) in [4.78, 5) is 15.8. The predicted octanol–water partition coefficient (Wildman–Crippen LogP) is 5.70. The summed E-state index contributed by atoms with van der Waals surface area (Å²) >= 11 is 2.23. The monoisotopic (exact) mass is 527 g/mol. The van der Waals surface area contributed by atoms with Crippen molar-refractivity contribution in [2.45, 2.75) is 17.5 Å². The Morgan fingerprint density at radius 3 is 2.38 bits per heavy atom. The van der Waals surface area contributed by atoms with Crippen LogP contribution in [0.3, 0.4) is 0 Å². The first-order chi connectivity index (χ1) is 15.6. The molecule has 0 radical (unpaired) electrons. The summed E-state index contributed by atoms with van der Waals surface area (Å²) in [5.41, 5.74) is 1.88. The third-order valence-corrected chi connectivity index (χ3v) is 7.17. The molecule has 0 amide bonds. The van der Waals surface area contributed by atoms with Crippen LogP contribution in [0.25, 0.3) is 6.08 Å². The van der Waals surface area contributed by atoms with E-state index in [-0.39, 0.29) is 5.78 Å². The molecule has 5 rings (SSSR count). The summed E-state index contributed by atoms with van der Waals surface area (Å²) in [5.74, 6) is -1.26. The SMILES string of the molecule is N#CC1(C#N)[C@H](c2cccc(I)c2)[C@@H](C(=O)c2ccccc2)[C@@H]2c3ccccc3C=CN21. The lowest BCUT2D eigenvalue weighted by Gasteiger charge is -2.35. The largest absolute Gasteiger partial charge is 0.340 e. The molecule has 2 aliphatic heterocycles. The highest BCUT2D eigenvalue weighted by molar-refractivity contribution is 14.1. The minimum absolute atomic E-state index is 0.0538. The third-order valence-electron chi connectivity index (χ3n) is 6.50. The van der Waals surface area contributed by atoms with Gasteiger partial charge in [-0.25, -0.2) is 0 Å². The van der Waals surface area contributed by atoms with E-state index in [1.54, 1.807) is 0 Å². The normalized spacial score (nSPS) is 22.3. The highest BCUT2D eigenvalue weighted by Gasteiger charge is 2.63. The van der Waals surface area contributed by atoms with Crippen LogP contribution in [0.15, 0.2) is 85.1 Å². The van der Waals surface area contributed by atoms with Gasteiger partial charge < -0.3 is 4.90 Å². The average molecular weight is 527 g/mol. The molecule has 3 aromatic carbocycles. The molecule has 3 atom stereocenters. The number of Topliss-reactive ketones (excluding diaryl/α,β-unsaturated/α-hetero) is 1. The van der Waals surface area contributed by atoms with Crippen molar-refractivity contribution in [3.63, 3.8) is 0 Å². The number of nitriles is 2. The van der Waals surface area contributed by atoms with E-state index in [0.29, 0.717) is 5.56 Å². The van der Waals surface area contributed by atoms with Gasteiger partial charge in [0.05, 0.1) is 12.0 Å². The fourth-order valence-corrected chi connectivity index (χ4v) is 5.73. The van der Waals surface area contributed by atoms with Crippen molar-refractivity contribution in [3.05, 3.63) is 111 Å². The van der Waals surface area contributed by atoms with E-state index in [4.69, 9.17) is 0 Å². The quantitative estimate of drug-likeness (QED) is 0.324. The van der Waals surface area contributed by atoms with Crippen LogP contribution in [-0.2, 0) is 0 Å². The van der Waals surface area contributed by atoms with E-state index in [1.807, 2.05) is 96.0 Å². The first-order valence-corrected chi connectivity index (χ1v) is 11.4. The van der Waals surface area contributed by atoms with Crippen molar-refractivity contribution >= 4 is 34.5 Å². The molecule has 0 N–H and O–H groups in total. The van der Waals surface area contributed by atoms with Crippen molar-refractivity contribution in [1.29, 1.82) is 10.5 Å². The number of benzene rings is 3. The second kappa shape index (κ2) is 7.93. The minimum Gasteiger partial charge on any atom is -0.340 e. The molecule has 0 bridgehead atoms. The van der Waals surface area contributed by atoms with Gasteiger partial charge in [-0.15, -0.1) is 0 Å². The lowest BCUT2D eigenvalue weighted by Crippen LogP contribution is -2.43. The first kappa shape index (κ1) is 20.5. The van der Waals surface area contributed by atoms with Crippen molar-refractivity contribution in [3.8, 4) is 12.1 Å². The molecule has 1 fully saturated rings. The average Bonchev–Trinajstić information content (AvgIpc) is 3.15. The second-order valence-electron chi connectivity index (χ2n) is 8.08. The highest BCUT2D eigenvalue weighted by atomic mass is 127. The van der Waals surface area contributed by atoms with Crippen LogP contribution in [-0.4, -0.2) is 16.2 Å². The Bertz CT molecular complexity index is 1300. The van der Waals surface area contributed by atoms with Crippen molar-refractivity contribution in [2.24, 2.45) is 5.92 Å². The lowest BCUT2D eigenvalue weighted by atomic mass is 9.72. The van der Waals surface area contributed by atoms with Crippen molar-refractivity contribution in [1.82, 2.24) is 4.90 Å². The Morgan fingerprint density at radius 1 is 0.938 bits per heavy atom. The van der Waals surface area contributed by atoms with E-state index in [9.17, 15) is 15.3 Å². The van der Waals surface area contributed by atoms with Crippen LogP contribution in [0.2, 0.25) is 0 Å². The van der Waals surface area contributed by atoms with Gasteiger partial charge in [0.15, 0.2) is 5.78 Å². The molecule has 0 saturated carbocycles. The number of fused-ring (bicyclic) bond motifs is 3. The van der Waals surface area contributed by atoms with Crippen molar-refractivity contribution < 1.29 is 4.79 Å². The van der Waals surface area contributed by atoms with Gasteiger partial charge in [-0.1, -0.05) is 66.7 Å². The zero-order valence-corrected chi connectivity index (χ0v) is 19.2. The maximum absolute atomic E-state index is 14.0. The minimum atomic E-state index is -1.51. The number of ketones is 1. The summed E-state index contributed by atoms with van der Waals surface area (Å²) in [7, 11) is 0. The van der Waals surface area contributed by atoms with Gasteiger partial charge in [0, 0.05) is 21.3 Å². The van der Waals surface area contributed by atoms with E-state index < -0.39 is 23.4 Å². The maximum atomic E-state index is 14.0. The number of hydrogen-bond donors (Lipinski definition) is 0. The Morgan fingerprint density at radius 2 is 1.66 bits per heavy atom. The third kappa shape index (κ3) is 2.97. The van der Waals surface area contributed by atoms with Gasteiger partial charge in [-0.05, 0) is 57.5 Å².